The molecule has 0 amide bonds. The van der Waals surface area contributed by atoms with Gasteiger partial charge in [0, 0.05) is 24.8 Å². The van der Waals surface area contributed by atoms with E-state index in [2.05, 4.69) is 41.2 Å². The summed E-state index contributed by atoms with van der Waals surface area (Å²) in [4.78, 5) is 10.7. The lowest BCUT2D eigenvalue weighted by atomic mass is 10.1. The molecule has 18 heavy (non-hydrogen) atoms. The molecule has 0 aromatic carbocycles. The van der Waals surface area contributed by atoms with Gasteiger partial charge in [0.1, 0.15) is 0 Å². The number of nitrogens with one attached hydrogen (secondary N) is 1. The summed E-state index contributed by atoms with van der Waals surface area (Å²) in [6, 6.07) is 2.26. The van der Waals surface area contributed by atoms with Crippen molar-refractivity contribution >= 4 is 5.95 Å². The second-order valence-corrected chi connectivity index (χ2v) is 4.44. The Bertz CT molecular complexity index is 344. The van der Waals surface area contributed by atoms with Crippen LogP contribution in [0, 0.1) is 0 Å². The number of rotatable bonds is 8. The van der Waals surface area contributed by atoms with Crippen LogP contribution >= 0.6 is 0 Å². The highest BCUT2D eigenvalue weighted by Gasteiger charge is 2.10. The van der Waals surface area contributed by atoms with Gasteiger partial charge in [0.2, 0.25) is 11.8 Å². The molecule has 0 spiro atoms. The highest BCUT2D eigenvalue weighted by molar-refractivity contribution is 5.27. The number of likely N-dealkylation sites (N-methyl/N-ethyl adjacent to an activating group) is 1. The summed E-state index contributed by atoms with van der Waals surface area (Å²) in [5.41, 5.74) is 0. The van der Waals surface area contributed by atoms with Gasteiger partial charge in [-0.05, 0) is 27.4 Å². The van der Waals surface area contributed by atoms with E-state index in [1.165, 1.54) is 6.42 Å². The molecule has 5 nitrogen and oxygen atoms in total. The van der Waals surface area contributed by atoms with Gasteiger partial charge < -0.3 is 15.0 Å². The average Bonchev–Trinajstić information content (AvgIpc) is 2.35. The SMILES string of the molecule is CCC[C@@H](CNc1nccc(OCC)n1)N(C)C. The van der Waals surface area contributed by atoms with Crippen LogP contribution in [0.25, 0.3) is 0 Å². The smallest absolute Gasteiger partial charge is 0.225 e. The van der Waals surface area contributed by atoms with E-state index in [-0.39, 0.29) is 0 Å². The predicted octanol–water partition coefficient (Wildman–Crippen LogP) is 2.02. The maximum Gasteiger partial charge on any atom is 0.225 e. The molecule has 0 fully saturated rings. The number of hydrogen-bond acceptors (Lipinski definition) is 5. The minimum atomic E-state index is 0.495. The van der Waals surface area contributed by atoms with Crippen molar-refractivity contribution in [2.75, 3.05) is 32.6 Å². The first-order chi connectivity index (χ1) is 8.67. The van der Waals surface area contributed by atoms with Gasteiger partial charge >= 0.3 is 0 Å². The summed E-state index contributed by atoms with van der Waals surface area (Å²) in [7, 11) is 4.19. The van der Waals surface area contributed by atoms with E-state index in [4.69, 9.17) is 4.74 Å². The van der Waals surface area contributed by atoms with Crippen molar-refractivity contribution in [1.29, 1.82) is 0 Å². The number of hydrogen-bond donors (Lipinski definition) is 1. The summed E-state index contributed by atoms with van der Waals surface area (Å²) in [6.07, 6.45) is 4.04. The van der Waals surface area contributed by atoms with Crippen LogP contribution in [0.4, 0.5) is 5.95 Å². The second-order valence-electron chi connectivity index (χ2n) is 4.44. The second kappa shape index (κ2) is 7.87. The number of anilines is 1. The van der Waals surface area contributed by atoms with E-state index in [9.17, 15) is 0 Å². The quantitative estimate of drug-likeness (QED) is 0.767. The molecule has 102 valence electrons. The van der Waals surface area contributed by atoms with Gasteiger partial charge in [-0.2, -0.15) is 4.98 Å². The first-order valence-electron chi connectivity index (χ1n) is 6.53. The van der Waals surface area contributed by atoms with Crippen molar-refractivity contribution in [3.63, 3.8) is 0 Å². The van der Waals surface area contributed by atoms with Gasteiger partial charge in [-0.1, -0.05) is 13.3 Å². The van der Waals surface area contributed by atoms with E-state index < -0.39 is 0 Å². The topological polar surface area (TPSA) is 50.3 Å². The van der Waals surface area contributed by atoms with Crippen LogP contribution < -0.4 is 10.1 Å². The normalized spacial score (nSPS) is 12.5. The molecule has 1 heterocycles. The summed E-state index contributed by atoms with van der Waals surface area (Å²) < 4.78 is 5.35. The fourth-order valence-corrected chi connectivity index (χ4v) is 1.74. The summed E-state index contributed by atoms with van der Waals surface area (Å²) in [5, 5.41) is 3.27. The van der Waals surface area contributed by atoms with E-state index >= 15 is 0 Å². The average molecular weight is 252 g/mol. The Balaban J connectivity index is 2.53. The fraction of sp³-hybridized carbons (Fsp3) is 0.692. The van der Waals surface area contributed by atoms with Crippen LogP contribution in [0.3, 0.4) is 0 Å². The first kappa shape index (κ1) is 14.7. The molecule has 0 unspecified atom stereocenters. The van der Waals surface area contributed by atoms with Crippen LogP contribution in [-0.4, -0.2) is 48.2 Å². The molecule has 1 aromatic heterocycles. The lowest BCUT2D eigenvalue weighted by Crippen LogP contribution is -2.34. The summed E-state index contributed by atoms with van der Waals surface area (Å²) >= 11 is 0. The Hall–Kier alpha value is -1.36. The Kier molecular flexibility index (Phi) is 6.43. The molecule has 0 saturated heterocycles. The zero-order valence-electron chi connectivity index (χ0n) is 11.8. The minimum Gasteiger partial charge on any atom is -0.478 e. The molecule has 0 bridgehead atoms. The Morgan fingerprint density at radius 1 is 1.39 bits per heavy atom. The largest absolute Gasteiger partial charge is 0.478 e. The van der Waals surface area contributed by atoms with Gasteiger partial charge in [-0.25, -0.2) is 4.98 Å². The molecule has 0 radical (unpaired) electrons. The lowest BCUT2D eigenvalue weighted by molar-refractivity contribution is 0.288. The van der Waals surface area contributed by atoms with Crippen molar-refractivity contribution in [2.24, 2.45) is 0 Å². The van der Waals surface area contributed by atoms with Crippen molar-refractivity contribution in [3.8, 4) is 5.88 Å². The Labute approximate surface area is 110 Å². The third-order valence-corrected chi connectivity index (χ3v) is 2.77. The highest BCUT2D eigenvalue weighted by Crippen LogP contribution is 2.09. The van der Waals surface area contributed by atoms with E-state index in [0.29, 0.717) is 24.5 Å². The molecular formula is C13H24N4O. The van der Waals surface area contributed by atoms with Gasteiger partial charge in [0.15, 0.2) is 0 Å². The van der Waals surface area contributed by atoms with Crippen molar-refractivity contribution in [3.05, 3.63) is 12.3 Å². The van der Waals surface area contributed by atoms with Gasteiger partial charge in [-0.3, -0.25) is 0 Å². The van der Waals surface area contributed by atoms with Gasteiger partial charge in [0.25, 0.3) is 0 Å². The molecule has 0 aliphatic rings. The minimum absolute atomic E-state index is 0.495. The van der Waals surface area contributed by atoms with Crippen LogP contribution in [0.2, 0.25) is 0 Å². The first-order valence-corrected chi connectivity index (χ1v) is 6.53. The molecule has 1 rings (SSSR count). The molecular weight excluding hydrogens is 228 g/mol. The third kappa shape index (κ3) is 4.87. The van der Waals surface area contributed by atoms with E-state index in [1.807, 2.05) is 6.92 Å². The predicted molar refractivity (Wildman–Crippen MR) is 74.1 cm³/mol. The van der Waals surface area contributed by atoms with Crippen LogP contribution in [0.1, 0.15) is 26.7 Å². The molecule has 5 heteroatoms. The molecule has 0 saturated carbocycles. The van der Waals surface area contributed by atoms with Crippen molar-refractivity contribution in [1.82, 2.24) is 14.9 Å². The number of nitrogens with zero attached hydrogens (tertiary/aromatic N) is 3. The molecule has 1 N–H and O–H groups in total. The van der Waals surface area contributed by atoms with Crippen molar-refractivity contribution < 1.29 is 4.74 Å². The van der Waals surface area contributed by atoms with E-state index in [1.54, 1.807) is 12.3 Å². The van der Waals surface area contributed by atoms with Crippen LogP contribution in [0.5, 0.6) is 5.88 Å². The zero-order valence-corrected chi connectivity index (χ0v) is 11.8. The van der Waals surface area contributed by atoms with Crippen LogP contribution in [0.15, 0.2) is 12.3 Å². The molecule has 1 atom stereocenters. The third-order valence-electron chi connectivity index (χ3n) is 2.77. The Morgan fingerprint density at radius 3 is 2.78 bits per heavy atom. The lowest BCUT2D eigenvalue weighted by Gasteiger charge is -2.24. The number of ether oxygens (including phenoxy) is 1. The Morgan fingerprint density at radius 2 is 2.17 bits per heavy atom. The summed E-state index contributed by atoms with van der Waals surface area (Å²) in [6.45, 7) is 5.60. The highest BCUT2D eigenvalue weighted by atomic mass is 16.5. The van der Waals surface area contributed by atoms with Gasteiger partial charge in [0.05, 0.1) is 6.61 Å². The maximum atomic E-state index is 5.35. The molecule has 0 aliphatic carbocycles. The monoisotopic (exact) mass is 252 g/mol. The zero-order chi connectivity index (χ0) is 13.4. The van der Waals surface area contributed by atoms with Crippen LogP contribution in [-0.2, 0) is 0 Å². The van der Waals surface area contributed by atoms with Gasteiger partial charge in [-0.15, -0.1) is 0 Å². The maximum absolute atomic E-state index is 5.35. The summed E-state index contributed by atoms with van der Waals surface area (Å²) in [5.74, 6) is 1.25. The van der Waals surface area contributed by atoms with E-state index in [0.717, 1.165) is 13.0 Å². The number of aromatic nitrogens is 2. The molecule has 1 aromatic rings. The molecule has 0 aliphatic heterocycles. The van der Waals surface area contributed by atoms with Crippen molar-refractivity contribution in [2.45, 2.75) is 32.7 Å². The fourth-order valence-electron chi connectivity index (χ4n) is 1.74. The standard InChI is InChI=1S/C13H24N4O/c1-5-7-11(17(3)4)10-15-13-14-9-8-12(16-13)18-6-2/h8-9,11H,5-7,10H2,1-4H3,(H,14,15,16)/t11-/m0/s1.